The van der Waals surface area contributed by atoms with Gasteiger partial charge in [-0.25, -0.2) is 9.18 Å². The van der Waals surface area contributed by atoms with Crippen LogP contribution in [-0.4, -0.2) is 44.2 Å². The van der Waals surface area contributed by atoms with Gasteiger partial charge in [0.15, 0.2) is 0 Å². The van der Waals surface area contributed by atoms with Crippen LogP contribution in [0.5, 0.6) is 0 Å². The van der Waals surface area contributed by atoms with E-state index in [-0.39, 0.29) is 17.9 Å². The van der Waals surface area contributed by atoms with E-state index in [9.17, 15) is 9.18 Å². The van der Waals surface area contributed by atoms with Crippen molar-refractivity contribution in [2.45, 2.75) is 39.2 Å². The molecule has 6 nitrogen and oxygen atoms in total. The van der Waals surface area contributed by atoms with Crippen LogP contribution in [0.3, 0.4) is 0 Å². The number of anilines is 1. The van der Waals surface area contributed by atoms with E-state index in [2.05, 4.69) is 29.7 Å². The highest BCUT2D eigenvalue weighted by Crippen LogP contribution is 2.23. The lowest BCUT2D eigenvalue weighted by molar-refractivity contribution is 0.216. The Morgan fingerprint density at radius 3 is 2.81 bits per heavy atom. The minimum Gasteiger partial charge on any atom is -0.373 e. The van der Waals surface area contributed by atoms with Crippen LogP contribution < -0.4 is 21.1 Å². The molecule has 2 amide bonds. The third kappa shape index (κ3) is 6.22. The average molecular weight is 378 g/mol. The number of benzene rings is 1. The first kappa shape index (κ1) is 21.2. The van der Waals surface area contributed by atoms with Crippen LogP contribution in [0.4, 0.5) is 14.9 Å². The van der Waals surface area contributed by atoms with Gasteiger partial charge in [0.1, 0.15) is 5.82 Å². The fraction of sp³-hybridized carbons (Fsp3) is 0.550. The summed E-state index contributed by atoms with van der Waals surface area (Å²) in [5.74, 6) is -0.196. The van der Waals surface area contributed by atoms with E-state index in [1.165, 1.54) is 6.07 Å². The third-order valence-electron chi connectivity index (χ3n) is 4.86. The number of hydrazine groups is 1. The smallest absolute Gasteiger partial charge is 0.321 e. The van der Waals surface area contributed by atoms with Crippen molar-refractivity contribution in [3.8, 4) is 0 Å². The molecule has 27 heavy (non-hydrogen) atoms. The second-order valence-electron chi connectivity index (χ2n) is 7.03. The maximum absolute atomic E-state index is 13.9. The largest absolute Gasteiger partial charge is 0.373 e. The molecule has 1 atom stereocenters. The molecule has 0 saturated carbocycles. The second kappa shape index (κ2) is 10.3. The number of urea groups is 1. The first-order valence-corrected chi connectivity index (χ1v) is 9.65. The number of nitrogens with one attached hydrogen (secondary N) is 3. The van der Waals surface area contributed by atoms with Gasteiger partial charge in [-0.15, -0.1) is 0 Å². The maximum atomic E-state index is 13.9. The molecule has 1 aliphatic rings. The number of carbonyl (C=O) groups is 1. The van der Waals surface area contributed by atoms with Crippen LogP contribution in [0.25, 0.3) is 0 Å². The predicted octanol–water partition coefficient (Wildman–Crippen LogP) is 3.15. The van der Waals surface area contributed by atoms with Gasteiger partial charge in [-0.2, -0.15) is 0 Å². The van der Waals surface area contributed by atoms with Gasteiger partial charge in [0.05, 0.1) is 12.2 Å². The standard InChI is InChI=1S/C20H32FN5O/c1-5-25(4)19-13-17(9-10-18(19)21)16(3)24-22-11-7-6-8-12-26-14-15(2)23-20(26)27/h9-10,13,16,22,24H,2,5-8,11-12,14H2,1,3-4H3,(H,23,27). The molecule has 1 aromatic rings. The number of amides is 2. The lowest BCUT2D eigenvalue weighted by Gasteiger charge is -2.21. The highest BCUT2D eigenvalue weighted by molar-refractivity contribution is 5.79. The number of halogens is 1. The molecule has 1 saturated heterocycles. The van der Waals surface area contributed by atoms with Gasteiger partial charge >= 0.3 is 6.03 Å². The number of hydrogen-bond donors (Lipinski definition) is 3. The number of rotatable bonds is 11. The number of carbonyl (C=O) groups excluding carboxylic acids is 1. The number of nitrogens with zero attached hydrogens (tertiary/aromatic N) is 2. The second-order valence-corrected chi connectivity index (χ2v) is 7.03. The van der Waals surface area contributed by atoms with Crippen LogP contribution in [0.15, 0.2) is 30.5 Å². The molecule has 1 heterocycles. The molecule has 3 N–H and O–H groups in total. The summed E-state index contributed by atoms with van der Waals surface area (Å²) in [6.45, 7) is 10.8. The maximum Gasteiger partial charge on any atom is 0.321 e. The highest BCUT2D eigenvalue weighted by Gasteiger charge is 2.21. The Morgan fingerprint density at radius 2 is 2.15 bits per heavy atom. The fourth-order valence-corrected chi connectivity index (χ4v) is 3.02. The monoisotopic (exact) mass is 377 g/mol. The fourth-order valence-electron chi connectivity index (χ4n) is 3.02. The van der Waals surface area contributed by atoms with Crippen LogP contribution >= 0.6 is 0 Å². The summed E-state index contributed by atoms with van der Waals surface area (Å²) in [4.78, 5) is 15.3. The van der Waals surface area contributed by atoms with Crippen molar-refractivity contribution in [1.29, 1.82) is 0 Å². The predicted molar refractivity (Wildman–Crippen MR) is 108 cm³/mol. The van der Waals surface area contributed by atoms with E-state index in [0.717, 1.165) is 50.2 Å². The zero-order valence-electron chi connectivity index (χ0n) is 16.6. The molecule has 0 radical (unpaired) electrons. The molecule has 7 heteroatoms. The van der Waals surface area contributed by atoms with Crippen LogP contribution in [-0.2, 0) is 0 Å². The Labute approximate surface area is 161 Å². The zero-order chi connectivity index (χ0) is 19.8. The van der Waals surface area contributed by atoms with Crippen molar-refractivity contribution < 1.29 is 9.18 Å². The highest BCUT2D eigenvalue weighted by atomic mass is 19.1. The minimum absolute atomic E-state index is 0.0407. The van der Waals surface area contributed by atoms with Crippen molar-refractivity contribution >= 4 is 11.7 Å². The first-order chi connectivity index (χ1) is 12.9. The molecule has 0 bridgehead atoms. The molecule has 1 fully saturated rings. The van der Waals surface area contributed by atoms with Crippen LogP contribution in [0.2, 0.25) is 0 Å². The Bertz CT molecular complexity index is 651. The summed E-state index contributed by atoms with van der Waals surface area (Å²) in [6, 6.07) is 5.28. The topological polar surface area (TPSA) is 59.6 Å². The van der Waals surface area contributed by atoms with Crippen LogP contribution in [0.1, 0.15) is 44.7 Å². The van der Waals surface area contributed by atoms with Gasteiger partial charge in [-0.3, -0.25) is 10.9 Å². The van der Waals surface area contributed by atoms with Gasteiger partial charge in [-0.05, 0) is 44.4 Å². The van der Waals surface area contributed by atoms with E-state index in [1.807, 2.05) is 31.0 Å². The van der Waals surface area contributed by atoms with Gasteiger partial charge in [0.25, 0.3) is 0 Å². The molecule has 1 aromatic carbocycles. The van der Waals surface area contributed by atoms with Gasteiger partial charge in [0.2, 0.25) is 0 Å². The molecular weight excluding hydrogens is 345 g/mol. The van der Waals surface area contributed by atoms with Gasteiger partial charge in [-0.1, -0.05) is 19.1 Å². The number of unbranched alkanes of at least 4 members (excludes halogenated alkanes) is 2. The summed E-state index contributed by atoms with van der Waals surface area (Å²) in [5.41, 5.74) is 8.95. The molecule has 2 rings (SSSR count). The molecule has 1 unspecified atom stereocenters. The minimum atomic E-state index is -0.196. The lowest BCUT2D eigenvalue weighted by Crippen LogP contribution is -2.35. The first-order valence-electron chi connectivity index (χ1n) is 9.65. The summed E-state index contributed by atoms with van der Waals surface area (Å²) in [7, 11) is 1.89. The summed E-state index contributed by atoms with van der Waals surface area (Å²) in [5, 5.41) is 2.72. The molecule has 0 aliphatic carbocycles. The lowest BCUT2D eigenvalue weighted by atomic mass is 10.1. The van der Waals surface area contributed by atoms with E-state index < -0.39 is 0 Å². The molecule has 150 valence electrons. The van der Waals surface area contributed by atoms with Crippen molar-refractivity contribution in [2.24, 2.45) is 0 Å². The van der Waals surface area contributed by atoms with E-state index in [0.29, 0.717) is 12.2 Å². The van der Waals surface area contributed by atoms with Crippen molar-refractivity contribution in [1.82, 2.24) is 21.1 Å². The van der Waals surface area contributed by atoms with Gasteiger partial charge < -0.3 is 15.1 Å². The summed E-state index contributed by atoms with van der Waals surface area (Å²) in [6.07, 6.45) is 3.04. The number of hydrogen-bond acceptors (Lipinski definition) is 4. The van der Waals surface area contributed by atoms with Crippen molar-refractivity contribution in [3.05, 3.63) is 41.9 Å². The molecule has 0 spiro atoms. The average Bonchev–Trinajstić information content (AvgIpc) is 2.97. The van der Waals surface area contributed by atoms with Gasteiger partial charge in [0, 0.05) is 38.4 Å². The Balaban J connectivity index is 1.64. The van der Waals surface area contributed by atoms with E-state index >= 15 is 0 Å². The quantitative estimate of drug-likeness (QED) is 0.410. The Morgan fingerprint density at radius 1 is 1.37 bits per heavy atom. The molecule has 1 aliphatic heterocycles. The molecule has 0 aromatic heterocycles. The summed E-state index contributed by atoms with van der Waals surface area (Å²) >= 11 is 0. The third-order valence-corrected chi connectivity index (χ3v) is 4.86. The van der Waals surface area contributed by atoms with Crippen LogP contribution in [0, 0.1) is 5.82 Å². The van der Waals surface area contributed by atoms with Crippen molar-refractivity contribution in [3.63, 3.8) is 0 Å². The zero-order valence-corrected chi connectivity index (χ0v) is 16.6. The van der Waals surface area contributed by atoms with Crippen molar-refractivity contribution in [2.75, 3.05) is 38.1 Å². The normalized spacial score (nSPS) is 15.2. The SMILES string of the molecule is C=C1CN(CCCCCNNC(C)c2ccc(F)c(N(C)CC)c2)C(=O)N1. The Kier molecular flexibility index (Phi) is 8.06. The molecular formula is C20H32FN5O. The van der Waals surface area contributed by atoms with E-state index in [4.69, 9.17) is 0 Å². The summed E-state index contributed by atoms with van der Waals surface area (Å²) < 4.78 is 13.9. The Hall–Kier alpha value is -2.12. The van der Waals surface area contributed by atoms with E-state index in [1.54, 1.807) is 4.90 Å².